The molecule has 0 N–H and O–H groups in total. The summed E-state index contributed by atoms with van der Waals surface area (Å²) >= 11 is 0. The third kappa shape index (κ3) is 55.1. The maximum absolute atomic E-state index is 12.8. The Balaban J connectivity index is 4.19. The van der Waals surface area contributed by atoms with E-state index in [4.69, 9.17) is 14.2 Å². The van der Waals surface area contributed by atoms with Crippen molar-refractivity contribution in [2.45, 2.75) is 271 Å². The predicted octanol–water partition coefficient (Wildman–Crippen LogP) is 19.3. The molecule has 0 aromatic heterocycles. The monoisotopic (exact) mass is 959 g/mol. The van der Waals surface area contributed by atoms with Crippen molar-refractivity contribution in [2.75, 3.05) is 13.2 Å². The minimum Gasteiger partial charge on any atom is -0.462 e. The third-order valence-electron chi connectivity index (χ3n) is 12.1. The first-order valence-electron chi connectivity index (χ1n) is 28.7. The molecule has 0 amide bonds. The van der Waals surface area contributed by atoms with Crippen molar-refractivity contribution < 1.29 is 28.6 Å². The zero-order valence-corrected chi connectivity index (χ0v) is 45.0. The molecule has 0 saturated carbocycles. The van der Waals surface area contributed by atoms with E-state index in [-0.39, 0.29) is 31.1 Å². The molecule has 0 aliphatic carbocycles. The minimum absolute atomic E-state index is 0.0827. The second kappa shape index (κ2) is 56.9. The standard InChI is InChI=1S/C63H106O6/c1-4-7-10-13-16-19-21-23-24-25-26-27-28-29-30-31-32-33-34-35-36-37-38-40-41-44-47-50-53-56-62(65)68-59-60(58-67-61(64)55-52-49-46-43-18-15-12-9-6-3)69-63(66)57-54-51-48-45-42-39-22-20-17-14-11-8-5-2/h7,10-11,14,16,19-20,22-24,26-27,29-30,32-33,60H,4-6,8-9,12-13,15,17-18,21,25,28,31,34-59H2,1-3H3/b10-7-,14-11-,19-16-,22-20-,24-23-,27-26-,30-29-,33-32-. The van der Waals surface area contributed by atoms with Crippen molar-refractivity contribution in [3.63, 3.8) is 0 Å². The summed E-state index contributed by atoms with van der Waals surface area (Å²) in [6, 6.07) is 0. The lowest BCUT2D eigenvalue weighted by Gasteiger charge is -2.18. The van der Waals surface area contributed by atoms with Crippen molar-refractivity contribution in [1.82, 2.24) is 0 Å². The van der Waals surface area contributed by atoms with Crippen LogP contribution in [0.2, 0.25) is 0 Å². The average Bonchev–Trinajstić information content (AvgIpc) is 3.35. The first kappa shape index (κ1) is 65.3. The number of carbonyl (C=O) groups is 3. The van der Waals surface area contributed by atoms with E-state index >= 15 is 0 Å². The summed E-state index contributed by atoms with van der Waals surface area (Å²) in [5.41, 5.74) is 0. The van der Waals surface area contributed by atoms with Gasteiger partial charge in [-0.25, -0.2) is 0 Å². The van der Waals surface area contributed by atoms with E-state index < -0.39 is 6.10 Å². The van der Waals surface area contributed by atoms with E-state index in [1.807, 2.05) is 0 Å². The van der Waals surface area contributed by atoms with Crippen LogP contribution in [-0.4, -0.2) is 37.2 Å². The molecule has 0 aromatic rings. The smallest absolute Gasteiger partial charge is 0.306 e. The SMILES string of the molecule is CC/C=C\C/C=C\C/C=C\C/C=C\C/C=C\C/C=C\CCCCCCCCCCCCC(=O)OCC(COC(=O)CCCCCCCCCCC)OC(=O)CCCCCCC/C=C\C/C=C\CCC. The molecule has 0 rings (SSSR count). The van der Waals surface area contributed by atoms with Crippen LogP contribution in [0.3, 0.4) is 0 Å². The van der Waals surface area contributed by atoms with Crippen molar-refractivity contribution >= 4 is 17.9 Å². The normalized spacial score (nSPS) is 12.8. The Hall–Kier alpha value is -3.67. The van der Waals surface area contributed by atoms with Crippen molar-refractivity contribution in [3.8, 4) is 0 Å². The topological polar surface area (TPSA) is 78.9 Å². The van der Waals surface area contributed by atoms with E-state index in [2.05, 4.69) is 118 Å². The van der Waals surface area contributed by atoms with Gasteiger partial charge in [-0.05, 0) is 96.3 Å². The van der Waals surface area contributed by atoms with E-state index in [1.165, 1.54) is 96.3 Å². The van der Waals surface area contributed by atoms with Gasteiger partial charge in [-0.1, -0.05) is 246 Å². The summed E-state index contributed by atoms with van der Waals surface area (Å²) in [4.78, 5) is 38.0. The van der Waals surface area contributed by atoms with Crippen molar-refractivity contribution in [3.05, 3.63) is 97.2 Å². The summed E-state index contributed by atoms with van der Waals surface area (Å²) in [6.45, 7) is 6.43. The van der Waals surface area contributed by atoms with E-state index in [9.17, 15) is 14.4 Å². The molecule has 0 radical (unpaired) electrons. The van der Waals surface area contributed by atoms with Crippen LogP contribution < -0.4 is 0 Å². The molecule has 0 spiro atoms. The van der Waals surface area contributed by atoms with Gasteiger partial charge in [0.2, 0.25) is 0 Å². The highest BCUT2D eigenvalue weighted by Gasteiger charge is 2.19. The number of ether oxygens (including phenoxy) is 3. The molecule has 0 aliphatic rings. The second-order valence-electron chi connectivity index (χ2n) is 18.8. The highest BCUT2D eigenvalue weighted by molar-refractivity contribution is 5.71. The van der Waals surface area contributed by atoms with Crippen LogP contribution in [0.25, 0.3) is 0 Å². The molecule has 6 heteroatoms. The van der Waals surface area contributed by atoms with Crippen molar-refractivity contribution in [2.24, 2.45) is 0 Å². The zero-order valence-electron chi connectivity index (χ0n) is 45.0. The average molecular weight is 960 g/mol. The van der Waals surface area contributed by atoms with Crippen LogP contribution in [-0.2, 0) is 28.6 Å². The second-order valence-corrected chi connectivity index (χ2v) is 18.8. The fraction of sp³-hybridized carbons (Fsp3) is 0.698. The summed E-state index contributed by atoms with van der Waals surface area (Å²) in [7, 11) is 0. The molecule has 1 unspecified atom stereocenters. The Morgan fingerprint density at radius 3 is 0.942 bits per heavy atom. The van der Waals surface area contributed by atoms with Crippen LogP contribution in [0, 0.1) is 0 Å². The number of carbonyl (C=O) groups excluding carboxylic acids is 3. The largest absolute Gasteiger partial charge is 0.462 e. The number of hydrogen-bond donors (Lipinski definition) is 0. The lowest BCUT2D eigenvalue weighted by atomic mass is 10.1. The molecule has 0 aliphatic heterocycles. The quantitative estimate of drug-likeness (QED) is 0.0262. The van der Waals surface area contributed by atoms with Gasteiger partial charge in [-0.3, -0.25) is 14.4 Å². The summed E-state index contributed by atoms with van der Waals surface area (Å²) in [5, 5.41) is 0. The van der Waals surface area contributed by atoms with Gasteiger partial charge in [0.1, 0.15) is 13.2 Å². The van der Waals surface area contributed by atoms with Gasteiger partial charge in [0.15, 0.2) is 6.10 Å². The fourth-order valence-electron chi connectivity index (χ4n) is 7.78. The Kier molecular flexibility index (Phi) is 53.9. The maximum Gasteiger partial charge on any atom is 0.306 e. The first-order valence-corrected chi connectivity index (χ1v) is 28.7. The maximum atomic E-state index is 12.8. The van der Waals surface area contributed by atoms with Gasteiger partial charge in [0, 0.05) is 19.3 Å². The lowest BCUT2D eigenvalue weighted by molar-refractivity contribution is -0.167. The molecule has 394 valence electrons. The van der Waals surface area contributed by atoms with Crippen molar-refractivity contribution in [1.29, 1.82) is 0 Å². The molecule has 0 saturated heterocycles. The highest BCUT2D eigenvalue weighted by atomic mass is 16.6. The molecule has 0 bridgehead atoms. The predicted molar refractivity (Wildman–Crippen MR) is 297 cm³/mol. The summed E-state index contributed by atoms with van der Waals surface area (Å²) in [6.07, 6.45) is 75.6. The molecule has 0 heterocycles. The zero-order chi connectivity index (χ0) is 50.0. The van der Waals surface area contributed by atoms with Crippen LogP contribution >= 0.6 is 0 Å². The van der Waals surface area contributed by atoms with Crippen LogP contribution in [0.4, 0.5) is 0 Å². The molecule has 1 atom stereocenters. The Morgan fingerprint density at radius 1 is 0.304 bits per heavy atom. The third-order valence-corrected chi connectivity index (χ3v) is 12.1. The Bertz CT molecular complexity index is 1380. The molecule has 69 heavy (non-hydrogen) atoms. The number of allylic oxidation sites excluding steroid dienone is 16. The molecular formula is C63H106O6. The lowest BCUT2D eigenvalue weighted by Crippen LogP contribution is -2.30. The molecule has 0 aromatic carbocycles. The Morgan fingerprint density at radius 2 is 0.594 bits per heavy atom. The number of unbranched alkanes of at least 4 members (excludes halogenated alkanes) is 24. The number of esters is 3. The van der Waals surface area contributed by atoms with Gasteiger partial charge in [0.05, 0.1) is 0 Å². The van der Waals surface area contributed by atoms with Gasteiger partial charge >= 0.3 is 17.9 Å². The molecule has 0 fully saturated rings. The molecule has 6 nitrogen and oxygen atoms in total. The summed E-state index contributed by atoms with van der Waals surface area (Å²) in [5.74, 6) is -0.903. The fourth-order valence-corrected chi connectivity index (χ4v) is 7.78. The van der Waals surface area contributed by atoms with Gasteiger partial charge in [-0.2, -0.15) is 0 Å². The van der Waals surface area contributed by atoms with E-state index in [0.29, 0.717) is 19.3 Å². The van der Waals surface area contributed by atoms with Crippen LogP contribution in [0.5, 0.6) is 0 Å². The van der Waals surface area contributed by atoms with Gasteiger partial charge < -0.3 is 14.2 Å². The highest BCUT2D eigenvalue weighted by Crippen LogP contribution is 2.15. The Labute approximate surface area is 426 Å². The van der Waals surface area contributed by atoms with E-state index in [0.717, 1.165) is 128 Å². The van der Waals surface area contributed by atoms with Gasteiger partial charge in [0.25, 0.3) is 0 Å². The number of hydrogen-bond acceptors (Lipinski definition) is 6. The van der Waals surface area contributed by atoms with Gasteiger partial charge in [-0.15, -0.1) is 0 Å². The first-order chi connectivity index (χ1) is 34.0. The minimum atomic E-state index is -0.784. The van der Waals surface area contributed by atoms with Crippen LogP contribution in [0.1, 0.15) is 265 Å². The molecular weight excluding hydrogens is 853 g/mol. The number of rotatable bonds is 51. The summed E-state index contributed by atoms with van der Waals surface area (Å²) < 4.78 is 16.8. The van der Waals surface area contributed by atoms with Crippen LogP contribution in [0.15, 0.2) is 97.2 Å². The van der Waals surface area contributed by atoms with E-state index in [1.54, 1.807) is 0 Å².